The Morgan fingerprint density at radius 3 is 2.62 bits per heavy atom. The Balaban J connectivity index is 2.10. The van der Waals surface area contributed by atoms with Crippen LogP contribution in [0.4, 0.5) is 5.69 Å². The van der Waals surface area contributed by atoms with Crippen molar-refractivity contribution in [2.24, 2.45) is 0 Å². The molecule has 0 saturated heterocycles. The van der Waals surface area contributed by atoms with Gasteiger partial charge >= 0.3 is 0 Å². The highest BCUT2D eigenvalue weighted by Crippen LogP contribution is 2.27. The Kier molecular flexibility index (Phi) is 5.45. The second-order valence-corrected chi connectivity index (χ2v) is 8.30. The molecule has 1 amide bonds. The molecule has 2 rings (SSSR count). The van der Waals surface area contributed by atoms with Gasteiger partial charge in [0.1, 0.15) is 0 Å². The lowest BCUT2D eigenvalue weighted by molar-refractivity contribution is -0.115. The van der Waals surface area contributed by atoms with Crippen LogP contribution in [-0.4, -0.2) is 26.0 Å². The number of amides is 1. The van der Waals surface area contributed by atoms with Gasteiger partial charge in [-0.2, -0.15) is 0 Å². The zero-order valence-corrected chi connectivity index (χ0v) is 16.0. The van der Waals surface area contributed by atoms with Crippen molar-refractivity contribution in [3.8, 4) is 0 Å². The third-order valence-electron chi connectivity index (χ3n) is 3.51. The largest absolute Gasteiger partial charge is 0.336 e. The summed E-state index contributed by atoms with van der Waals surface area (Å²) in [7, 11) is 0. The summed E-state index contributed by atoms with van der Waals surface area (Å²) in [5, 5.41) is 11.8. The van der Waals surface area contributed by atoms with Gasteiger partial charge in [-0.05, 0) is 31.5 Å². The first kappa shape index (κ1) is 18.6. The van der Waals surface area contributed by atoms with E-state index < -0.39 is 0 Å². The summed E-state index contributed by atoms with van der Waals surface area (Å²) in [5.74, 6) is 6.58. The highest BCUT2D eigenvalue weighted by molar-refractivity contribution is 8.00. The summed E-state index contributed by atoms with van der Waals surface area (Å²) in [6.07, 6.45) is 0. The van der Waals surface area contributed by atoms with Crippen molar-refractivity contribution in [3.63, 3.8) is 0 Å². The maximum Gasteiger partial charge on any atom is 0.237 e. The van der Waals surface area contributed by atoms with Crippen molar-refractivity contribution < 1.29 is 4.79 Å². The number of anilines is 1. The lowest BCUT2D eigenvalue weighted by atomic mass is 9.96. The zero-order chi connectivity index (χ0) is 18.1. The maximum atomic E-state index is 12.4. The van der Waals surface area contributed by atoms with Gasteiger partial charge in [-0.3, -0.25) is 4.79 Å². The Morgan fingerprint density at radius 1 is 1.38 bits per heavy atom. The van der Waals surface area contributed by atoms with E-state index in [0.29, 0.717) is 21.7 Å². The first-order chi connectivity index (χ1) is 11.1. The first-order valence-corrected chi connectivity index (χ1v) is 8.80. The number of halogens is 1. The van der Waals surface area contributed by atoms with E-state index in [1.165, 1.54) is 16.4 Å². The summed E-state index contributed by atoms with van der Waals surface area (Å²) < 4.78 is 1.44. The number of aromatic nitrogens is 3. The number of nitrogen functional groups attached to an aromatic ring is 1. The minimum Gasteiger partial charge on any atom is -0.336 e. The molecular weight excluding hydrogens is 346 g/mol. The van der Waals surface area contributed by atoms with Gasteiger partial charge in [-0.1, -0.05) is 50.2 Å². The highest BCUT2D eigenvalue weighted by atomic mass is 35.5. The molecule has 24 heavy (non-hydrogen) atoms. The van der Waals surface area contributed by atoms with Gasteiger partial charge in [-0.25, -0.2) is 4.68 Å². The molecule has 2 aromatic rings. The summed E-state index contributed by atoms with van der Waals surface area (Å²) >= 11 is 7.34. The lowest BCUT2D eigenvalue weighted by Gasteiger charge is -2.17. The first-order valence-electron chi connectivity index (χ1n) is 7.55. The lowest BCUT2D eigenvalue weighted by Crippen LogP contribution is -2.26. The quantitative estimate of drug-likeness (QED) is 0.639. The van der Waals surface area contributed by atoms with Gasteiger partial charge in [0.05, 0.1) is 5.25 Å². The topological polar surface area (TPSA) is 85.8 Å². The van der Waals surface area contributed by atoms with E-state index in [9.17, 15) is 4.79 Å². The molecule has 130 valence electrons. The monoisotopic (exact) mass is 367 g/mol. The van der Waals surface area contributed by atoms with Crippen LogP contribution < -0.4 is 11.2 Å². The smallest absolute Gasteiger partial charge is 0.237 e. The Morgan fingerprint density at radius 2 is 2.04 bits per heavy atom. The van der Waals surface area contributed by atoms with Crippen LogP contribution in [0.5, 0.6) is 0 Å². The SMILES string of the molecule is Cc1c(Cl)cccc1NC(=O)C(C)Sc1nnc(C(C)(C)C)n1N. The standard InChI is InChI=1S/C16H22ClN5OS/c1-9-11(17)7-6-8-12(9)19-13(23)10(2)24-15-21-20-14(22(15)18)16(3,4)5/h6-8,10H,18H2,1-5H3,(H,19,23). The number of nitrogens with one attached hydrogen (secondary N) is 1. The summed E-state index contributed by atoms with van der Waals surface area (Å²) in [6.45, 7) is 9.68. The molecule has 1 atom stereocenters. The minimum atomic E-state index is -0.386. The van der Waals surface area contributed by atoms with Crippen LogP contribution in [0, 0.1) is 6.92 Å². The summed E-state index contributed by atoms with van der Waals surface area (Å²) in [4.78, 5) is 12.4. The molecule has 1 unspecified atom stereocenters. The van der Waals surface area contributed by atoms with Gasteiger partial charge in [0.25, 0.3) is 0 Å². The second-order valence-electron chi connectivity index (χ2n) is 6.59. The number of hydrogen-bond acceptors (Lipinski definition) is 5. The number of nitrogens with zero attached hydrogens (tertiary/aromatic N) is 3. The molecule has 8 heteroatoms. The van der Waals surface area contributed by atoms with Gasteiger partial charge in [0.15, 0.2) is 5.82 Å². The number of carbonyl (C=O) groups is 1. The molecule has 0 aliphatic carbocycles. The summed E-state index contributed by atoms with van der Waals surface area (Å²) in [5.41, 5.74) is 1.32. The fraction of sp³-hybridized carbons (Fsp3) is 0.438. The Bertz CT molecular complexity index is 753. The van der Waals surface area contributed by atoms with Crippen molar-refractivity contribution >= 4 is 35.0 Å². The fourth-order valence-electron chi connectivity index (χ4n) is 2.06. The predicted molar refractivity (Wildman–Crippen MR) is 99.0 cm³/mol. The summed E-state index contributed by atoms with van der Waals surface area (Å²) in [6, 6.07) is 5.41. The number of rotatable bonds is 4. The van der Waals surface area contributed by atoms with Crippen LogP contribution >= 0.6 is 23.4 Å². The number of hydrogen-bond donors (Lipinski definition) is 2. The van der Waals surface area contributed by atoms with Crippen molar-refractivity contribution in [2.75, 3.05) is 11.2 Å². The molecular formula is C16H22ClN5OS. The van der Waals surface area contributed by atoms with E-state index in [1.807, 2.05) is 33.8 Å². The molecule has 6 nitrogen and oxygen atoms in total. The van der Waals surface area contributed by atoms with Crippen LogP contribution in [0.1, 0.15) is 39.1 Å². The Labute approximate surface area is 151 Å². The molecule has 0 aliphatic rings. The average Bonchev–Trinajstić information content (AvgIpc) is 2.85. The van der Waals surface area contributed by atoms with E-state index in [2.05, 4.69) is 15.5 Å². The van der Waals surface area contributed by atoms with Crippen molar-refractivity contribution in [1.82, 2.24) is 14.9 Å². The van der Waals surface area contributed by atoms with Crippen molar-refractivity contribution in [2.45, 2.75) is 50.4 Å². The van der Waals surface area contributed by atoms with Crippen LogP contribution in [0.25, 0.3) is 0 Å². The molecule has 0 bridgehead atoms. The van der Waals surface area contributed by atoms with Crippen LogP contribution in [0.15, 0.2) is 23.4 Å². The maximum absolute atomic E-state index is 12.4. The number of benzene rings is 1. The van der Waals surface area contributed by atoms with Crippen LogP contribution in [0.2, 0.25) is 5.02 Å². The number of carbonyl (C=O) groups excluding carboxylic acids is 1. The molecule has 0 aliphatic heterocycles. The number of thioether (sulfide) groups is 1. The molecule has 3 N–H and O–H groups in total. The fourth-order valence-corrected chi connectivity index (χ4v) is 3.00. The van der Waals surface area contributed by atoms with Crippen molar-refractivity contribution in [3.05, 3.63) is 34.6 Å². The molecule has 1 aromatic heterocycles. The highest BCUT2D eigenvalue weighted by Gasteiger charge is 2.25. The van der Waals surface area contributed by atoms with E-state index >= 15 is 0 Å². The van der Waals surface area contributed by atoms with Crippen molar-refractivity contribution in [1.29, 1.82) is 0 Å². The third-order valence-corrected chi connectivity index (χ3v) is 4.98. The molecule has 0 spiro atoms. The van der Waals surface area contributed by atoms with E-state index in [-0.39, 0.29) is 16.6 Å². The van der Waals surface area contributed by atoms with Gasteiger partial charge in [0.2, 0.25) is 11.1 Å². The average molecular weight is 368 g/mol. The van der Waals surface area contributed by atoms with Gasteiger partial charge in [-0.15, -0.1) is 10.2 Å². The molecule has 0 saturated carbocycles. The van der Waals surface area contributed by atoms with Crippen LogP contribution in [0.3, 0.4) is 0 Å². The second kappa shape index (κ2) is 7.03. The molecule has 1 aromatic carbocycles. The van der Waals surface area contributed by atoms with E-state index in [0.717, 1.165) is 5.56 Å². The van der Waals surface area contributed by atoms with Gasteiger partial charge < -0.3 is 11.2 Å². The molecule has 0 fully saturated rings. The molecule has 1 heterocycles. The number of nitrogens with two attached hydrogens (primary N) is 1. The van der Waals surface area contributed by atoms with Crippen LogP contribution in [-0.2, 0) is 10.2 Å². The van der Waals surface area contributed by atoms with E-state index in [4.69, 9.17) is 17.4 Å². The molecule has 0 radical (unpaired) electrons. The zero-order valence-electron chi connectivity index (χ0n) is 14.4. The van der Waals surface area contributed by atoms with Gasteiger partial charge in [0, 0.05) is 16.1 Å². The Hall–Kier alpha value is -1.73. The van der Waals surface area contributed by atoms with E-state index in [1.54, 1.807) is 19.1 Å². The predicted octanol–water partition coefficient (Wildman–Crippen LogP) is 3.37. The third kappa shape index (κ3) is 4.02. The normalized spacial score (nSPS) is 12.9. The minimum absolute atomic E-state index is 0.148.